The number of aromatic nitrogens is 1. The standard InChI is InChI=1S/C36H37FN2O3S.ClH/c1-4-5-7-16-32(40)29-24-39(22-27-14-10-11-15-31(27)37)36-33(34(29)41)30(23-38(2)21-25-12-8-6-9-13-25)35(43-36)26-17-19-28(42-3)20-18-26;/h6,8-15,17-20,24H,4-5,7,16,21-23H2,1-3H3;1H. The quantitative estimate of drug-likeness (QED) is 0.0962. The van der Waals surface area contributed by atoms with Crippen LogP contribution in [0.4, 0.5) is 4.39 Å². The summed E-state index contributed by atoms with van der Waals surface area (Å²) >= 11 is 1.51. The molecule has 0 aliphatic carbocycles. The minimum atomic E-state index is -0.320. The number of fused-ring (bicyclic) bond motifs is 1. The molecule has 5 aromatic rings. The van der Waals surface area contributed by atoms with E-state index < -0.39 is 0 Å². The van der Waals surface area contributed by atoms with Crippen molar-refractivity contribution in [2.75, 3.05) is 14.2 Å². The van der Waals surface area contributed by atoms with E-state index in [0.717, 1.165) is 45.8 Å². The van der Waals surface area contributed by atoms with E-state index in [2.05, 4.69) is 24.0 Å². The van der Waals surface area contributed by atoms with Crippen molar-refractivity contribution in [3.8, 4) is 16.2 Å². The number of nitrogens with zero attached hydrogens (tertiary/aromatic N) is 2. The van der Waals surface area contributed by atoms with Crippen molar-refractivity contribution in [2.45, 2.75) is 52.2 Å². The van der Waals surface area contributed by atoms with Crippen molar-refractivity contribution < 1.29 is 13.9 Å². The van der Waals surface area contributed by atoms with Crippen molar-refractivity contribution >= 4 is 39.7 Å². The van der Waals surface area contributed by atoms with Crippen LogP contribution in [-0.2, 0) is 19.6 Å². The normalized spacial score (nSPS) is 11.1. The molecule has 5 nitrogen and oxygen atoms in total. The molecule has 0 saturated heterocycles. The van der Waals surface area contributed by atoms with Gasteiger partial charge in [0.25, 0.3) is 0 Å². The highest BCUT2D eigenvalue weighted by molar-refractivity contribution is 7.22. The van der Waals surface area contributed by atoms with E-state index in [1.165, 1.54) is 23.0 Å². The molecule has 0 bridgehead atoms. The number of carbonyl (C=O) groups excluding carboxylic acids is 1. The van der Waals surface area contributed by atoms with Crippen molar-refractivity contribution in [3.63, 3.8) is 0 Å². The van der Waals surface area contributed by atoms with Crippen LogP contribution in [0.15, 0.2) is 89.9 Å². The number of Topliss-reactive ketones (excluding diaryl/α,β-unsaturated/α-hetero) is 1. The zero-order valence-corrected chi connectivity index (χ0v) is 27.0. The van der Waals surface area contributed by atoms with Crippen molar-refractivity contribution in [2.24, 2.45) is 0 Å². The number of carbonyl (C=O) groups is 1. The summed E-state index contributed by atoms with van der Waals surface area (Å²) in [7, 11) is 3.67. The van der Waals surface area contributed by atoms with E-state index >= 15 is 0 Å². The summed E-state index contributed by atoms with van der Waals surface area (Å²) < 4.78 is 22.1. The molecule has 0 unspecified atom stereocenters. The Morgan fingerprint density at radius 2 is 1.66 bits per heavy atom. The zero-order valence-electron chi connectivity index (χ0n) is 25.3. The molecule has 0 atom stereocenters. The second kappa shape index (κ2) is 15.3. The number of ketones is 1. The maximum Gasteiger partial charge on any atom is 0.201 e. The Labute approximate surface area is 268 Å². The maximum atomic E-state index is 14.9. The number of thiophene rings is 1. The molecule has 0 aliphatic rings. The lowest BCUT2D eigenvalue weighted by atomic mass is 10.0. The highest BCUT2D eigenvalue weighted by Crippen LogP contribution is 2.39. The predicted octanol–water partition coefficient (Wildman–Crippen LogP) is 8.74. The summed E-state index contributed by atoms with van der Waals surface area (Å²) in [5.74, 6) is 0.259. The van der Waals surface area contributed by atoms with Crippen LogP contribution in [0.25, 0.3) is 20.7 Å². The average Bonchev–Trinajstić information content (AvgIpc) is 3.39. The molecule has 0 saturated carbocycles. The van der Waals surface area contributed by atoms with Gasteiger partial charge in [-0.2, -0.15) is 0 Å². The summed E-state index contributed by atoms with van der Waals surface area (Å²) in [6.07, 6.45) is 4.60. The van der Waals surface area contributed by atoms with Gasteiger partial charge in [0.2, 0.25) is 5.43 Å². The number of hydrogen-bond donors (Lipinski definition) is 0. The van der Waals surface area contributed by atoms with Gasteiger partial charge in [0, 0.05) is 36.1 Å². The number of rotatable bonds is 13. The molecular weight excluding hydrogens is 595 g/mol. The van der Waals surface area contributed by atoms with E-state index in [1.807, 2.05) is 54.1 Å². The lowest BCUT2D eigenvalue weighted by Crippen LogP contribution is -2.22. The second-order valence-electron chi connectivity index (χ2n) is 10.9. The van der Waals surface area contributed by atoms with E-state index in [9.17, 15) is 14.0 Å². The van der Waals surface area contributed by atoms with Crippen LogP contribution in [0.3, 0.4) is 0 Å². The van der Waals surface area contributed by atoms with Gasteiger partial charge in [0.1, 0.15) is 16.4 Å². The fraction of sp³-hybridized carbons (Fsp3) is 0.278. The van der Waals surface area contributed by atoms with Gasteiger partial charge in [-0.3, -0.25) is 14.5 Å². The van der Waals surface area contributed by atoms with Crippen LogP contribution in [-0.4, -0.2) is 29.4 Å². The van der Waals surface area contributed by atoms with Gasteiger partial charge in [-0.1, -0.05) is 68.3 Å². The zero-order chi connectivity index (χ0) is 30.3. The Kier molecular flexibility index (Phi) is 11.5. The summed E-state index contributed by atoms with van der Waals surface area (Å²) in [5, 5.41) is 0.536. The molecule has 0 fully saturated rings. The molecular formula is C36H38ClFN2O3S. The van der Waals surface area contributed by atoms with Gasteiger partial charge in [-0.15, -0.1) is 23.7 Å². The fourth-order valence-electron chi connectivity index (χ4n) is 5.44. The molecule has 230 valence electrons. The largest absolute Gasteiger partial charge is 0.497 e. The van der Waals surface area contributed by atoms with Gasteiger partial charge in [0.05, 0.1) is 24.6 Å². The highest BCUT2D eigenvalue weighted by Gasteiger charge is 2.24. The molecule has 0 amide bonds. The van der Waals surface area contributed by atoms with Crippen LogP contribution in [0.1, 0.15) is 59.7 Å². The van der Waals surface area contributed by atoms with Crippen LogP contribution in [0.2, 0.25) is 0 Å². The molecule has 44 heavy (non-hydrogen) atoms. The SMILES string of the molecule is CCCCCC(=O)c1cn(Cc2ccccc2F)c2sc(-c3ccc(OC)cc3)c(CN(C)Cc3ccccc3)c2c1=O.Cl. The Morgan fingerprint density at radius 3 is 2.34 bits per heavy atom. The first-order chi connectivity index (χ1) is 20.9. The number of halogens is 2. The van der Waals surface area contributed by atoms with Crippen LogP contribution in [0.5, 0.6) is 5.75 Å². The maximum absolute atomic E-state index is 14.9. The monoisotopic (exact) mass is 632 g/mol. The smallest absolute Gasteiger partial charge is 0.201 e. The summed E-state index contributed by atoms with van der Waals surface area (Å²) in [6.45, 7) is 3.49. The molecule has 0 N–H and O–H groups in total. The van der Waals surface area contributed by atoms with E-state index in [1.54, 1.807) is 31.5 Å². The third-order valence-corrected chi connectivity index (χ3v) is 9.01. The number of ether oxygens (including phenoxy) is 1. The van der Waals surface area contributed by atoms with Gasteiger partial charge < -0.3 is 9.30 Å². The minimum Gasteiger partial charge on any atom is -0.497 e. The van der Waals surface area contributed by atoms with Crippen LogP contribution < -0.4 is 10.2 Å². The van der Waals surface area contributed by atoms with Gasteiger partial charge in [-0.05, 0) is 60.5 Å². The van der Waals surface area contributed by atoms with Crippen molar-refractivity contribution in [1.29, 1.82) is 0 Å². The van der Waals surface area contributed by atoms with Crippen molar-refractivity contribution in [1.82, 2.24) is 9.47 Å². The Morgan fingerprint density at radius 1 is 0.955 bits per heavy atom. The van der Waals surface area contributed by atoms with Crippen LogP contribution >= 0.6 is 23.7 Å². The lowest BCUT2D eigenvalue weighted by Gasteiger charge is -2.18. The Balaban J connectivity index is 0.00000442. The Bertz CT molecular complexity index is 1770. The summed E-state index contributed by atoms with van der Waals surface area (Å²) in [5.41, 5.74) is 3.42. The molecule has 2 aromatic heterocycles. The Hall–Kier alpha value is -3.78. The highest BCUT2D eigenvalue weighted by atomic mass is 35.5. The topological polar surface area (TPSA) is 51.5 Å². The first-order valence-corrected chi connectivity index (χ1v) is 15.5. The van der Waals surface area contributed by atoms with E-state index in [0.29, 0.717) is 30.5 Å². The second-order valence-corrected chi connectivity index (χ2v) is 11.9. The van der Waals surface area contributed by atoms with Gasteiger partial charge in [0.15, 0.2) is 5.78 Å². The fourth-order valence-corrected chi connectivity index (χ4v) is 6.73. The molecule has 2 heterocycles. The van der Waals surface area contributed by atoms with E-state index in [4.69, 9.17) is 4.74 Å². The van der Waals surface area contributed by atoms with E-state index in [-0.39, 0.29) is 41.5 Å². The minimum absolute atomic E-state index is 0. The number of unbranched alkanes of at least 4 members (excludes halogenated alkanes) is 2. The predicted molar refractivity (Wildman–Crippen MR) is 181 cm³/mol. The first-order valence-electron chi connectivity index (χ1n) is 14.7. The molecule has 5 rings (SSSR count). The van der Waals surface area contributed by atoms with Crippen LogP contribution in [0, 0.1) is 5.82 Å². The molecule has 0 radical (unpaired) electrons. The number of methoxy groups -OCH3 is 1. The number of hydrogen-bond acceptors (Lipinski definition) is 5. The van der Waals surface area contributed by atoms with Gasteiger partial charge >= 0.3 is 0 Å². The number of pyridine rings is 1. The summed E-state index contributed by atoms with van der Waals surface area (Å²) in [6, 6.07) is 24.6. The number of benzene rings is 3. The summed E-state index contributed by atoms with van der Waals surface area (Å²) in [4.78, 5) is 31.6. The lowest BCUT2D eigenvalue weighted by molar-refractivity contribution is 0.0977. The van der Waals surface area contributed by atoms with Crippen molar-refractivity contribution in [3.05, 3.63) is 123 Å². The van der Waals surface area contributed by atoms with Gasteiger partial charge in [-0.25, -0.2) is 4.39 Å². The molecule has 0 aliphatic heterocycles. The average molecular weight is 633 g/mol. The molecule has 8 heteroatoms. The first kappa shape index (κ1) is 33.1. The molecule has 0 spiro atoms. The third kappa shape index (κ3) is 7.46. The third-order valence-electron chi connectivity index (χ3n) is 7.69. The molecule has 3 aromatic carbocycles.